The van der Waals surface area contributed by atoms with E-state index in [1.165, 1.54) is 11.8 Å². The SMILES string of the molecule is O=C(NCCSc1ccc(Br)cc1)OCC(F)(F)F. The van der Waals surface area contributed by atoms with E-state index in [0.29, 0.717) is 5.75 Å². The Morgan fingerprint density at radius 3 is 2.53 bits per heavy atom. The average Bonchev–Trinajstić information content (AvgIpc) is 2.33. The number of amides is 1. The van der Waals surface area contributed by atoms with Crippen molar-refractivity contribution in [3.8, 4) is 0 Å². The Bertz CT molecular complexity index is 411. The van der Waals surface area contributed by atoms with Gasteiger partial charge >= 0.3 is 12.3 Å². The summed E-state index contributed by atoms with van der Waals surface area (Å²) in [4.78, 5) is 11.9. The van der Waals surface area contributed by atoms with Crippen molar-refractivity contribution >= 4 is 33.8 Å². The zero-order chi connectivity index (χ0) is 14.3. The maximum atomic E-state index is 11.7. The minimum Gasteiger partial charge on any atom is -0.440 e. The molecule has 1 N–H and O–H groups in total. The van der Waals surface area contributed by atoms with Crippen LogP contribution in [0.15, 0.2) is 33.6 Å². The van der Waals surface area contributed by atoms with Crippen molar-refractivity contribution in [1.82, 2.24) is 5.32 Å². The Kier molecular flexibility index (Phi) is 6.50. The molecule has 0 aliphatic rings. The number of nitrogens with one attached hydrogen (secondary N) is 1. The lowest BCUT2D eigenvalue weighted by atomic mass is 10.4. The van der Waals surface area contributed by atoms with Crippen molar-refractivity contribution in [2.24, 2.45) is 0 Å². The summed E-state index contributed by atoms with van der Waals surface area (Å²) in [5.41, 5.74) is 0. The molecule has 106 valence electrons. The van der Waals surface area contributed by atoms with Gasteiger partial charge in [0.15, 0.2) is 6.61 Å². The molecular formula is C11H11BrF3NO2S. The highest BCUT2D eigenvalue weighted by atomic mass is 79.9. The van der Waals surface area contributed by atoms with Crippen LogP contribution in [0.2, 0.25) is 0 Å². The van der Waals surface area contributed by atoms with Crippen LogP contribution in [0, 0.1) is 0 Å². The second kappa shape index (κ2) is 7.64. The van der Waals surface area contributed by atoms with E-state index in [-0.39, 0.29) is 6.54 Å². The average molecular weight is 358 g/mol. The third-order valence-electron chi connectivity index (χ3n) is 1.82. The highest BCUT2D eigenvalue weighted by Crippen LogP contribution is 2.20. The molecule has 0 radical (unpaired) electrons. The molecule has 0 aliphatic carbocycles. The fourth-order valence-electron chi connectivity index (χ4n) is 1.05. The number of thioether (sulfide) groups is 1. The summed E-state index contributed by atoms with van der Waals surface area (Å²) >= 11 is 4.79. The van der Waals surface area contributed by atoms with Crippen molar-refractivity contribution < 1.29 is 22.7 Å². The van der Waals surface area contributed by atoms with Gasteiger partial charge in [-0.25, -0.2) is 4.79 Å². The van der Waals surface area contributed by atoms with Gasteiger partial charge in [0.2, 0.25) is 0 Å². The van der Waals surface area contributed by atoms with Crippen LogP contribution in [0.1, 0.15) is 0 Å². The smallest absolute Gasteiger partial charge is 0.422 e. The maximum absolute atomic E-state index is 11.7. The van der Waals surface area contributed by atoms with Gasteiger partial charge < -0.3 is 10.1 Å². The number of hydrogen-bond donors (Lipinski definition) is 1. The first-order valence-corrected chi connectivity index (χ1v) is 7.00. The summed E-state index contributed by atoms with van der Waals surface area (Å²) < 4.78 is 40.2. The summed E-state index contributed by atoms with van der Waals surface area (Å²) in [5.74, 6) is 0.544. The molecule has 0 spiro atoms. The third-order valence-corrected chi connectivity index (χ3v) is 3.36. The van der Waals surface area contributed by atoms with Crippen LogP contribution in [-0.4, -0.2) is 31.2 Å². The Labute approximate surface area is 121 Å². The largest absolute Gasteiger partial charge is 0.440 e. The Morgan fingerprint density at radius 2 is 1.95 bits per heavy atom. The van der Waals surface area contributed by atoms with E-state index in [4.69, 9.17) is 0 Å². The van der Waals surface area contributed by atoms with E-state index in [2.05, 4.69) is 26.0 Å². The molecule has 1 aromatic rings. The molecule has 0 bridgehead atoms. The number of alkyl halides is 3. The van der Waals surface area contributed by atoms with E-state index in [9.17, 15) is 18.0 Å². The molecule has 0 unspecified atom stereocenters. The number of alkyl carbamates (subject to hydrolysis) is 1. The maximum Gasteiger partial charge on any atom is 0.422 e. The molecule has 0 saturated heterocycles. The van der Waals surface area contributed by atoms with Gasteiger partial charge in [-0.2, -0.15) is 13.2 Å². The molecule has 1 amide bonds. The normalized spacial score (nSPS) is 11.2. The first-order valence-electron chi connectivity index (χ1n) is 5.22. The highest BCUT2D eigenvalue weighted by Gasteiger charge is 2.29. The lowest BCUT2D eigenvalue weighted by molar-refractivity contribution is -0.160. The van der Waals surface area contributed by atoms with E-state index < -0.39 is 18.9 Å². The Hall–Kier alpha value is -0.890. The minimum absolute atomic E-state index is 0.234. The fraction of sp³-hybridized carbons (Fsp3) is 0.364. The van der Waals surface area contributed by atoms with Gasteiger partial charge in [-0.15, -0.1) is 11.8 Å². The number of hydrogen-bond acceptors (Lipinski definition) is 3. The first-order chi connectivity index (χ1) is 8.87. The summed E-state index contributed by atoms with van der Waals surface area (Å²) in [7, 11) is 0. The van der Waals surface area contributed by atoms with Crippen LogP contribution in [0.3, 0.4) is 0 Å². The van der Waals surface area contributed by atoms with Crippen LogP contribution < -0.4 is 5.32 Å². The number of carbonyl (C=O) groups is 1. The Morgan fingerprint density at radius 1 is 1.32 bits per heavy atom. The monoisotopic (exact) mass is 357 g/mol. The molecule has 0 aromatic heterocycles. The number of halogens is 4. The number of carbonyl (C=O) groups excluding carboxylic acids is 1. The van der Waals surface area contributed by atoms with E-state index in [1.807, 2.05) is 24.3 Å². The van der Waals surface area contributed by atoms with Crippen molar-refractivity contribution in [3.63, 3.8) is 0 Å². The van der Waals surface area contributed by atoms with Gasteiger partial charge in [0.1, 0.15) is 0 Å². The summed E-state index contributed by atoms with van der Waals surface area (Å²) in [6.45, 7) is -1.34. The van der Waals surface area contributed by atoms with Crippen LogP contribution >= 0.6 is 27.7 Å². The van der Waals surface area contributed by atoms with Crippen LogP contribution in [-0.2, 0) is 4.74 Å². The fourth-order valence-corrected chi connectivity index (χ4v) is 2.08. The van der Waals surface area contributed by atoms with Gasteiger partial charge in [-0.3, -0.25) is 0 Å². The number of rotatable bonds is 5. The van der Waals surface area contributed by atoms with Crippen LogP contribution in [0.5, 0.6) is 0 Å². The van der Waals surface area contributed by atoms with E-state index in [0.717, 1.165) is 9.37 Å². The van der Waals surface area contributed by atoms with Crippen LogP contribution in [0.25, 0.3) is 0 Å². The minimum atomic E-state index is -4.50. The highest BCUT2D eigenvalue weighted by molar-refractivity contribution is 9.10. The molecule has 0 atom stereocenters. The summed E-state index contributed by atoms with van der Waals surface area (Å²) in [5, 5.41) is 2.25. The van der Waals surface area contributed by atoms with Gasteiger partial charge in [0.05, 0.1) is 0 Å². The second-order valence-electron chi connectivity index (χ2n) is 3.42. The second-order valence-corrected chi connectivity index (χ2v) is 5.50. The summed E-state index contributed by atoms with van der Waals surface area (Å²) in [6, 6.07) is 7.56. The van der Waals surface area contributed by atoms with Crippen LogP contribution in [0.4, 0.5) is 18.0 Å². The van der Waals surface area contributed by atoms with Crippen molar-refractivity contribution in [2.45, 2.75) is 11.1 Å². The molecule has 0 fully saturated rings. The zero-order valence-electron chi connectivity index (χ0n) is 9.67. The van der Waals surface area contributed by atoms with Gasteiger partial charge in [0, 0.05) is 21.7 Å². The molecule has 19 heavy (non-hydrogen) atoms. The predicted molar refractivity (Wildman–Crippen MR) is 70.3 cm³/mol. The molecule has 0 heterocycles. The first kappa shape index (κ1) is 16.2. The zero-order valence-corrected chi connectivity index (χ0v) is 12.1. The Balaban J connectivity index is 2.13. The molecule has 0 saturated carbocycles. The van der Waals surface area contributed by atoms with Crippen molar-refractivity contribution in [1.29, 1.82) is 0 Å². The lowest BCUT2D eigenvalue weighted by Gasteiger charge is -2.08. The molecule has 1 aromatic carbocycles. The number of benzene rings is 1. The van der Waals surface area contributed by atoms with Gasteiger partial charge in [-0.05, 0) is 24.3 Å². The number of ether oxygens (including phenoxy) is 1. The third kappa shape index (κ3) is 7.99. The standard InChI is InChI=1S/C11H11BrF3NO2S/c12-8-1-3-9(4-2-8)19-6-5-16-10(17)18-7-11(13,14)15/h1-4H,5-7H2,(H,16,17). The molecule has 3 nitrogen and oxygen atoms in total. The van der Waals surface area contributed by atoms with Gasteiger partial charge in [0.25, 0.3) is 0 Å². The van der Waals surface area contributed by atoms with E-state index in [1.54, 1.807) is 0 Å². The van der Waals surface area contributed by atoms with Crippen molar-refractivity contribution in [3.05, 3.63) is 28.7 Å². The molecule has 0 aliphatic heterocycles. The van der Waals surface area contributed by atoms with Gasteiger partial charge in [-0.1, -0.05) is 15.9 Å². The lowest BCUT2D eigenvalue weighted by Crippen LogP contribution is -2.30. The molecular weight excluding hydrogens is 347 g/mol. The quantitative estimate of drug-likeness (QED) is 0.642. The van der Waals surface area contributed by atoms with E-state index >= 15 is 0 Å². The summed E-state index contributed by atoms with van der Waals surface area (Å²) in [6.07, 6.45) is -5.56. The topological polar surface area (TPSA) is 38.3 Å². The predicted octanol–water partition coefficient (Wildman–Crippen LogP) is 3.83. The van der Waals surface area contributed by atoms with Crippen molar-refractivity contribution in [2.75, 3.05) is 18.9 Å². The molecule has 1 rings (SSSR count). The molecule has 8 heteroatoms.